The fraction of sp³-hybridized carbons (Fsp3) is 0.357. The fourth-order valence-corrected chi connectivity index (χ4v) is 1.38. The number of hydrogen-bond donors (Lipinski definition) is 3. The van der Waals surface area contributed by atoms with Gasteiger partial charge < -0.3 is 15.2 Å². The Balaban J connectivity index is 2.58. The summed E-state index contributed by atoms with van der Waals surface area (Å²) < 4.78 is 4.94. The second-order valence-electron chi connectivity index (χ2n) is 4.41. The maximum Gasteiger partial charge on any atom is 0.329 e. The smallest absolute Gasteiger partial charge is 0.329 e. The third-order valence-corrected chi connectivity index (χ3v) is 2.78. The molecule has 0 bridgehead atoms. The lowest BCUT2D eigenvalue weighted by Gasteiger charge is -2.09. The second kappa shape index (κ2) is 7.88. The van der Waals surface area contributed by atoms with Crippen LogP contribution in [-0.4, -0.2) is 36.3 Å². The van der Waals surface area contributed by atoms with E-state index in [9.17, 15) is 14.7 Å². The molecule has 1 aromatic carbocycles. The molecule has 21 heavy (non-hydrogen) atoms. The predicted octanol–water partition coefficient (Wildman–Crippen LogP) is 0.766. The van der Waals surface area contributed by atoms with Gasteiger partial charge in [-0.1, -0.05) is 6.92 Å². The van der Waals surface area contributed by atoms with Crippen molar-refractivity contribution >= 4 is 18.0 Å². The number of hydrazone groups is 1. The van der Waals surface area contributed by atoms with Crippen LogP contribution in [0.15, 0.2) is 23.3 Å². The number of carbonyl (C=O) groups is 2. The first kappa shape index (κ1) is 16.5. The van der Waals surface area contributed by atoms with Crippen LogP contribution >= 0.6 is 0 Å². The Labute approximate surface area is 123 Å². The maximum atomic E-state index is 11.5. The van der Waals surface area contributed by atoms with Gasteiger partial charge in [-0.25, -0.2) is 5.43 Å². The molecule has 0 fully saturated rings. The molecule has 0 aliphatic carbocycles. The van der Waals surface area contributed by atoms with Crippen LogP contribution in [0.4, 0.5) is 0 Å². The van der Waals surface area contributed by atoms with E-state index in [4.69, 9.17) is 4.74 Å². The molecule has 0 aromatic heterocycles. The molecular weight excluding hydrogens is 274 g/mol. The van der Waals surface area contributed by atoms with Gasteiger partial charge in [0.05, 0.1) is 13.3 Å². The zero-order valence-corrected chi connectivity index (χ0v) is 12.2. The number of nitrogens with one attached hydrogen (secondary N) is 2. The Bertz CT molecular complexity index is 543. The SMILES string of the molecule is CC[C@H](C)NC(=O)C(=O)N/N=C\c1ccc(O)c(OC)c1. The number of ether oxygens (including phenoxy) is 1. The summed E-state index contributed by atoms with van der Waals surface area (Å²) in [5.41, 5.74) is 2.73. The van der Waals surface area contributed by atoms with E-state index in [1.54, 1.807) is 19.1 Å². The third-order valence-electron chi connectivity index (χ3n) is 2.78. The van der Waals surface area contributed by atoms with Crippen molar-refractivity contribution in [1.82, 2.24) is 10.7 Å². The number of benzene rings is 1. The van der Waals surface area contributed by atoms with Gasteiger partial charge in [-0.2, -0.15) is 5.10 Å². The summed E-state index contributed by atoms with van der Waals surface area (Å²) in [4.78, 5) is 22.9. The minimum absolute atomic E-state index is 0.00613. The zero-order chi connectivity index (χ0) is 15.8. The highest BCUT2D eigenvalue weighted by Gasteiger charge is 2.14. The van der Waals surface area contributed by atoms with Crippen LogP contribution in [0.25, 0.3) is 0 Å². The Hall–Kier alpha value is -2.57. The topological polar surface area (TPSA) is 100 Å². The molecular formula is C14H19N3O4. The summed E-state index contributed by atoms with van der Waals surface area (Å²) in [6.45, 7) is 3.70. The first-order chi connectivity index (χ1) is 9.97. The highest BCUT2D eigenvalue weighted by Crippen LogP contribution is 2.25. The van der Waals surface area contributed by atoms with Crippen LogP contribution < -0.4 is 15.5 Å². The van der Waals surface area contributed by atoms with Crippen LogP contribution in [0.5, 0.6) is 11.5 Å². The predicted molar refractivity (Wildman–Crippen MR) is 78.3 cm³/mol. The van der Waals surface area contributed by atoms with Crippen molar-refractivity contribution in [3.63, 3.8) is 0 Å². The van der Waals surface area contributed by atoms with Crippen LogP contribution in [0.3, 0.4) is 0 Å². The molecule has 0 heterocycles. The van der Waals surface area contributed by atoms with Gasteiger partial charge in [-0.15, -0.1) is 0 Å². The minimum atomic E-state index is -0.836. The third kappa shape index (κ3) is 5.13. The largest absolute Gasteiger partial charge is 0.504 e. The zero-order valence-electron chi connectivity index (χ0n) is 12.2. The summed E-state index contributed by atoms with van der Waals surface area (Å²) in [6, 6.07) is 4.50. The van der Waals surface area contributed by atoms with Gasteiger partial charge in [0.2, 0.25) is 0 Å². The fourth-order valence-electron chi connectivity index (χ4n) is 1.38. The molecule has 0 unspecified atom stereocenters. The Kier molecular flexibility index (Phi) is 6.19. The summed E-state index contributed by atoms with van der Waals surface area (Å²) in [6.07, 6.45) is 2.08. The molecule has 3 N–H and O–H groups in total. The lowest BCUT2D eigenvalue weighted by atomic mass is 10.2. The summed E-state index contributed by atoms with van der Waals surface area (Å²) in [5, 5.41) is 15.6. The average molecular weight is 293 g/mol. The van der Waals surface area contributed by atoms with E-state index in [1.165, 1.54) is 19.4 Å². The van der Waals surface area contributed by atoms with Crippen LogP contribution in [0.2, 0.25) is 0 Å². The molecule has 1 aromatic rings. The number of carbonyl (C=O) groups excluding carboxylic acids is 2. The van der Waals surface area contributed by atoms with Crippen molar-refractivity contribution in [3.8, 4) is 11.5 Å². The van der Waals surface area contributed by atoms with Gasteiger partial charge >= 0.3 is 11.8 Å². The van der Waals surface area contributed by atoms with E-state index in [2.05, 4.69) is 15.8 Å². The quantitative estimate of drug-likeness (QED) is 0.424. The molecule has 0 aliphatic heterocycles. The Morgan fingerprint density at radius 2 is 2.14 bits per heavy atom. The number of phenolic OH excluding ortho intramolecular Hbond substituents is 1. The number of hydrogen-bond acceptors (Lipinski definition) is 5. The number of aromatic hydroxyl groups is 1. The first-order valence-corrected chi connectivity index (χ1v) is 6.48. The summed E-state index contributed by atoms with van der Waals surface area (Å²) >= 11 is 0. The Morgan fingerprint density at radius 3 is 2.76 bits per heavy atom. The highest BCUT2D eigenvalue weighted by molar-refractivity contribution is 6.35. The molecule has 7 nitrogen and oxygen atoms in total. The van der Waals surface area contributed by atoms with Crippen molar-refractivity contribution in [3.05, 3.63) is 23.8 Å². The second-order valence-corrected chi connectivity index (χ2v) is 4.41. The molecule has 7 heteroatoms. The number of nitrogens with zero attached hydrogens (tertiary/aromatic N) is 1. The first-order valence-electron chi connectivity index (χ1n) is 6.48. The van der Waals surface area contributed by atoms with Gasteiger partial charge in [0, 0.05) is 6.04 Å². The van der Waals surface area contributed by atoms with Crippen LogP contribution in [-0.2, 0) is 9.59 Å². The monoisotopic (exact) mass is 293 g/mol. The van der Waals surface area contributed by atoms with Gasteiger partial charge in [0.1, 0.15) is 0 Å². The van der Waals surface area contributed by atoms with E-state index < -0.39 is 11.8 Å². The molecule has 1 rings (SSSR count). The molecule has 0 saturated heterocycles. The number of amides is 2. The normalized spacial score (nSPS) is 12.0. The van der Waals surface area contributed by atoms with Crippen molar-refractivity contribution in [2.45, 2.75) is 26.3 Å². The number of methoxy groups -OCH3 is 1. The van der Waals surface area contributed by atoms with Crippen molar-refractivity contribution in [2.75, 3.05) is 7.11 Å². The van der Waals surface area contributed by atoms with Crippen LogP contribution in [0.1, 0.15) is 25.8 Å². The van der Waals surface area contributed by atoms with Crippen molar-refractivity contribution in [1.29, 1.82) is 0 Å². The van der Waals surface area contributed by atoms with E-state index in [0.717, 1.165) is 6.42 Å². The van der Waals surface area contributed by atoms with E-state index in [0.29, 0.717) is 11.3 Å². The van der Waals surface area contributed by atoms with Crippen molar-refractivity contribution in [2.24, 2.45) is 5.10 Å². The van der Waals surface area contributed by atoms with Gasteiger partial charge in [-0.3, -0.25) is 9.59 Å². The van der Waals surface area contributed by atoms with Gasteiger partial charge in [0.25, 0.3) is 0 Å². The van der Waals surface area contributed by atoms with Crippen molar-refractivity contribution < 1.29 is 19.4 Å². The molecule has 1 atom stereocenters. The summed E-state index contributed by atoms with van der Waals surface area (Å²) in [7, 11) is 1.43. The number of phenols is 1. The standard InChI is InChI=1S/C14H19N3O4/c1-4-9(2)16-13(19)14(20)17-15-8-10-5-6-11(18)12(7-10)21-3/h5-9,18H,4H2,1-3H3,(H,16,19)(H,17,20)/b15-8-/t9-/m0/s1. The molecule has 0 radical (unpaired) electrons. The van der Waals surface area contributed by atoms with E-state index in [-0.39, 0.29) is 11.8 Å². The van der Waals surface area contributed by atoms with Gasteiger partial charge in [0.15, 0.2) is 11.5 Å². The highest BCUT2D eigenvalue weighted by atomic mass is 16.5. The van der Waals surface area contributed by atoms with Crippen LogP contribution in [0, 0.1) is 0 Å². The summed E-state index contributed by atoms with van der Waals surface area (Å²) in [5.74, 6) is -1.27. The Morgan fingerprint density at radius 1 is 1.43 bits per heavy atom. The lowest BCUT2D eigenvalue weighted by molar-refractivity contribution is -0.139. The van der Waals surface area contributed by atoms with E-state index >= 15 is 0 Å². The minimum Gasteiger partial charge on any atom is -0.504 e. The molecule has 0 saturated carbocycles. The number of rotatable bonds is 5. The maximum absolute atomic E-state index is 11.5. The lowest BCUT2D eigenvalue weighted by Crippen LogP contribution is -2.41. The van der Waals surface area contributed by atoms with Gasteiger partial charge in [-0.05, 0) is 37.1 Å². The average Bonchev–Trinajstić information content (AvgIpc) is 2.48. The molecule has 0 spiro atoms. The molecule has 114 valence electrons. The van der Waals surface area contributed by atoms with E-state index in [1.807, 2.05) is 6.92 Å². The molecule has 0 aliphatic rings. The molecule has 2 amide bonds.